The topological polar surface area (TPSA) is 72.2 Å². The Bertz CT molecular complexity index is 641. The fourth-order valence-electron chi connectivity index (χ4n) is 1.70. The van der Waals surface area contributed by atoms with Gasteiger partial charge in [-0.15, -0.1) is 0 Å². The van der Waals surface area contributed by atoms with Crippen LogP contribution in [0.3, 0.4) is 0 Å². The summed E-state index contributed by atoms with van der Waals surface area (Å²) in [6.45, 7) is 0. The first-order valence-electron chi connectivity index (χ1n) is 5.83. The normalized spacial score (nSPS) is 10.1. The van der Waals surface area contributed by atoms with Crippen LogP contribution in [0.2, 0.25) is 5.02 Å². The van der Waals surface area contributed by atoms with E-state index in [9.17, 15) is 14.9 Å². The van der Waals surface area contributed by atoms with Crippen LogP contribution >= 0.6 is 11.6 Å². The number of nitrogens with one attached hydrogen (secondary N) is 1. The molecule has 0 aliphatic heterocycles. The number of hydrogen-bond acceptors (Lipinski definition) is 3. The highest BCUT2D eigenvalue weighted by Crippen LogP contribution is 2.16. The molecule has 20 heavy (non-hydrogen) atoms. The van der Waals surface area contributed by atoms with Gasteiger partial charge in [0, 0.05) is 22.8 Å². The lowest BCUT2D eigenvalue weighted by Gasteiger charge is -2.05. The molecule has 0 unspecified atom stereocenters. The van der Waals surface area contributed by atoms with Crippen LogP contribution in [-0.2, 0) is 11.2 Å². The number of rotatable bonds is 4. The molecule has 0 spiro atoms. The Morgan fingerprint density at radius 1 is 1.20 bits per heavy atom. The summed E-state index contributed by atoms with van der Waals surface area (Å²) in [6.07, 6.45) is 0.192. The van der Waals surface area contributed by atoms with E-state index >= 15 is 0 Å². The van der Waals surface area contributed by atoms with Crippen LogP contribution in [-0.4, -0.2) is 10.8 Å². The molecule has 0 aromatic heterocycles. The number of amides is 1. The van der Waals surface area contributed by atoms with Gasteiger partial charge in [0.15, 0.2) is 0 Å². The molecule has 2 rings (SSSR count). The van der Waals surface area contributed by atoms with Crippen molar-refractivity contribution >= 4 is 28.9 Å². The van der Waals surface area contributed by atoms with E-state index < -0.39 is 4.92 Å². The standard InChI is InChI=1S/C14H11ClN2O3/c15-11-3-1-2-10(8-11)9-14(18)16-12-4-6-13(7-5-12)17(19)20/h1-8H,9H2,(H,16,18). The van der Waals surface area contributed by atoms with Crippen molar-refractivity contribution in [2.45, 2.75) is 6.42 Å². The average Bonchev–Trinajstić information content (AvgIpc) is 2.39. The smallest absolute Gasteiger partial charge is 0.269 e. The molecule has 0 radical (unpaired) electrons. The summed E-state index contributed by atoms with van der Waals surface area (Å²) < 4.78 is 0. The molecule has 0 atom stereocenters. The number of anilines is 1. The minimum absolute atomic E-state index is 0.0159. The number of non-ortho nitro benzene ring substituents is 1. The number of hydrogen-bond donors (Lipinski definition) is 1. The van der Waals surface area contributed by atoms with Gasteiger partial charge in [-0.25, -0.2) is 0 Å². The third-order valence-electron chi connectivity index (χ3n) is 2.62. The maximum Gasteiger partial charge on any atom is 0.269 e. The van der Waals surface area contributed by atoms with Gasteiger partial charge in [-0.1, -0.05) is 23.7 Å². The summed E-state index contributed by atoms with van der Waals surface area (Å²) >= 11 is 5.84. The molecule has 0 aliphatic rings. The van der Waals surface area contributed by atoms with Crippen LogP contribution in [0.1, 0.15) is 5.56 Å². The highest BCUT2D eigenvalue weighted by Gasteiger charge is 2.07. The van der Waals surface area contributed by atoms with Crippen molar-refractivity contribution in [1.82, 2.24) is 0 Å². The van der Waals surface area contributed by atoms with E-state index in [0.29, 0.717) is 10.7 Å². The highest BCUT2D eigenvalue weighted by atomic mass is 35.5. The van der Waals surface area contributed by atoms with Gasteiger partial charge in [0.05, 0.1) is 11.3 Å². The average molecular weight is 291 g/mol. The van der Waals surface area contributed by atoms with E-state index in [1.54, 1.807) is 24.3 Å². The Morgan fingerprint density at radius 3 is 2.50 bits per heavy atom. The van der Waals surface area contributed by atoms with Gasteiger partial charge in [-0.05, 0) is 29.8 Å². The van der Waals surface area contributed by atoms with E-state index in [4.69, 9.17) is 11.6 Å². The summed E-state index contributed by atoms with van der Waals surface area (Å²) in [4.78, 5) is 21.8. The minimum atomic E-state index is -0.489. The van der Waals surface area contributed by atoms with Crippen LogP contribution in [0.4, 0.5) is 11.4 Å². The molecule has 2 aromatic carbocycles. The zero-order chi connectivity index (χ0) is 14.5. The van der Waals surface area contributed by atoms with Crippen molar-refractivity contribution in [3.05, 3.63) is 69.2 Å². The number of nitro groups is 1. The monoisotopic (exact) mass is 290 g/mol. The molecule has 0 saturated carbocycles. The predicted molar refractivity (Wildman–Crippen MR) is 76.9 cm³/mol. The molecule has 0 bridgehead atoms. The summed E-state index contributed by atoms with van der Waals surface area (Å²) in [7, 11) is 0. The van der Waals surface area contributed by atoms with Crippen molar-refractivity contribution in [2.24, 2.45) is 0 Å². The largest absolute Gasteiger partial charge is 0.326 e. The van der Waals surface area contributed by atoms with Gasteiger partial charge in [-0.3, -0.25) is 14.9 Å². The summed E-state index contributed by atoms with van der Waals surface area (Å²) in [5, 5.41) is 13.8. The maximum atomic E-state index is 11.8. The molecule has 0 heterocycles. The molecule has 1 N–H and O–H groups in total. The molecular formula is C14H11ClN2O3. The third kappa shape index (κ3) is 3.80. The lowest BCUT2D eigenvalue weighted by Crippen LogP contribution is -2.14. The first kappa shape index (κ1) is 14.0. The Kier molecular flexibility index (Phi) is 4.32. The van der Waals surface area contributed by atoms with Crippen LogP contribution < -0.4 is 5.32 Å². The number of benzene rings is 2. The van der Waals surface area contributed by atoms with Crippen molar-refractivity contribution in [2.75, 3.05) is 5.32 Å². The number of halogens is 1. The number of carbonyl (C=O) groups is 1. The second-order valence-electron chi connectivity index (χ2n) is 4.16. The lowest BCUT2D eigenvalue weighted by molar-refractivity contribution is -0.384. The van der Waals surface area contributed by atoms with Crippen LogP contribution in [0, 0.1) is 10.1 Å². The van der Waals surface area contributed by atoms with E-state index in [1.165, 1.54) is 24.3 Å². The molecule has 6 heteroatoms. The van der Waals surface area contributed by atoms with Crippen molar-refractivity contribution in [3.63, 3.8) is 0 Å². The predicted octanol–water partition coefficient (Wildman–Crippen LogP) is 3.43. The van der Waals surface area contributed by atoms with E-state index in [1.807, 2.05) is 0 Å². The second kappa shape index (κ2) is 6.16. The Labute approximate surface area is 120 Å². The van der Waals surface area contributed by atoms with Gasteiger partial charge in [0.2, 0.25) is 5.91 Å². The van der Waals surface area contributed by atoms with Gasteiger partial charge < -0.3 is 5.32 Å². The molecule has 102 valence electrons. The van der Waals surface area contributed by atoms with E-state index in [-0.39, 0.29) is 18.0 Å². The third-order valence-corrected chi connectivity index (χ3v) is 2.85. The van der Waals surface area contributed by atoms with Crippen molar-refractivity contribution in [1.29, 1.82) is 0 Å². The zero-order valence-corrected chi connectivity index (χ0v) is 11.1. The van der Waals surface area contributed by atoms with Gasteiger partial charge in [0.25, 0.3) is 5.69 Å². The first-order valence-corrected chi connectivity index (χ1v) is 6.21. The first-order chi connectivity index (χ1) is 9.54. The summed E-state index contributed by atoms with van der Waals surface area (Å²) in [5.41, 5.74) is 1.30. The van der Waals surface area contributed by atoms with E-state index in [2.05, 4.69) is 5.32 Å². The van der Waals surface area contributed by atoms with Gasteiger partial charge in [-0.2, -0.15) is 0 Å². The van der Waals surface area contributed by atoms with Crippen molar-refractivity contribution < 1.29 is 9.72 Å². The number of nitrogens with zero attached hydrogens (tertiary/aromatic N) is 1. The molecule has 0 fully saturated rings. The molecule has 5 nitrogen and oxygen atoms in total. The maximum absolute atomic E-state index is 11.8. The quantitative estimate of drug-likeness (QED) is 0.692. The number of carbonyl (C=O) groups excluding carboxylic acids is 1. The fourth-order valence-corrected chi connectivity index (χ4v) is 1.92. The highest BCUT2D eigenvalue weighted by molar-refractivity contribution is 6.30. The van der Waals surface area contributed by atoms with Crippen LogP contribution in [0.15, 0.2) is 48.5 Å². The Morgan fingerprint density at radius 2 is 1.90 bits per heavy atom. The molecule has 0 aliphatic carbocycles. The number of nitro benzene ring substituents is 1. The molecule has 2 aromatic rings. The molecular weight excluding hydrogens is 280 g/mol. The van der Waals surface area contributed by atoms with Gasteiger partial charge in [0.1, 0.15) is 0 Å². The zero-order valence-electron chi connectivity index (χ0n) is 10.4. The Hall–Kier alpha value is -2.40. The van der Waals surface area contributed by atoms with Crippen LogP contribution in [0.5, 0.6) is 0 Å². The second-order valence-corrected chi connectivity index (χ2v) is 4.60. The van der Waals surface area contributed by atoms with Crippen molar-refractivity contribution in [3.8, 4) is 0 Å². The Balaban J connectivity index is 1.99. The van der Waals surface area contributed by atoms with Crippen LogP contribution in [0.25, 0.3) is 0 Å². The SMILES string of the molecule is O=C(Cc1cccc(Cl)c1)Nc1ccc([N+](=O)[O-])cc1. The minimum Gasteiger partial charge on any atom is -0.326 e. The summed E-state index contributed by atoms with van der Waals surface area (Å²) in [6, 6.07) is 12.7. The molecule has 0 saturated heterocycles. The molecule has 1 amide bonds. The van der Waals surface area contributed by atoms with Gasteiger partial charge >= 0.3 is 0 Å². The lowest BCUT2D eigenvalue weighted by atomic mass is 10.1. The summed E-state index contributed by atoms with van der Waals surface area (Å²) in [5.74, 6) is -0.207. The van der Waals surface area contributed by atoms with E-state index in [0.717, 1.165) is 5.56 Å². The fraction of sp³-hybridized carbons (Fsp3) is 0.0714.